The summed E-state index contributed by atoms with van der Waals surface area (Å²) in [6.45, 7) is 1.52. The molecule has 1 radical (unpaired) electrons. The lowest BCUT2D eigenvalue weighted by Gasteiger charge is -1.96. The van der Waals surface area contributed by atoms with Crippen molar-refractivity contribution in [3.05, 3.63) is 18.2 Å². The molecule has 0 unspecified atom stereocenters. The van der Waals surface area contributed by atoms with Gasteiger partial charge in [-0.05, 0) is 6.92 Å². The third-order valence-electron chi connectivity index (χ3n) is 1.05. The third-order valence-corrected chi connectivity index (χ3v) is 1.05. The first-order valence-corrected chi connectivity index (χ1v) is 2.61. The minimum Gasteiger partial charge on any atom is -0.427 e. The number of nitrogens with zero attached hydrogens (tertiary/aromatic N) is 2. The monoisotopic (exact) mass is 140 g/mol. The van der Waals surface area contributed by atoms with Crippen LogP contribution in [0, 0.1) is 5.92 Å². The summed E-state index contributed by atoms with van der Waals surface area (Å²) < 4.78 is 4.70. The van der Waals surface area contributed by atoms with Crippen LogP contribution < -0.4 is 5.73 Å². The fourth-order valence-corrected chi connectivity index (χ4v) is 0.442. The molecule has 0 bridgehead atoms. The van der Waals surface area contributed by atoms with E-state index in [2.05, 4.69) is 10.2 Å². The molecule has 0 spiro atoms. The van der Waals surface area contributed by atoms with E-state index in [4.69, 9.17) is 10.2 Å². The van der Waals surface area contributed by atoms with E-state index >= 15 is 0 Å². The maximum absolute atomic E-state index is 10.5. The maximum atomic E-state index is 10.5. The Morgan fingerprint density at radius 2 is 2.50 bits per heavy atom. The predicted molar refractivity (Wildman–Crippen MR) is 31.5 cm³/mol. The van der Waals surface area contributed by atoms with Crippen LogP contribution in [0.25, 0.3) is 0 Å². The zero-order valence-corrected chi connectivity index (χ0v) is 5.37. The summed E-state index contributed by atoms with van der Waals surface area (Å²) in [5, 5.41) is 6.86. The van der Waals surface area contributed by atoms with Crippen LogP contribution in [0.4, 0.5) is 0 Å². The number of aromatic nitrogens is 2. The molecule has 0 atom stereocenters. The van der Waals surface area contributed by atoms with Gasteiger partial charge in [-0.15, -0.1) is 10.2 Å². The second-order valence-corrected chi connectivity index (χ2v) is 1.73. The minimum absolute atomic E-state index is 0.174. The Labute approximate surface area is 57.2 Å². The molecule has 0 saturated carbocycles. The molecule has 5 nitrogen and oxygen atoms in total. The second-order valence-electron chi connectivity index (χ2n) is 1.73. The van der Waals surface area contributed by atoms with Gasteiger partial charge in [-0.2, -0.15) is 0 Å². The van der Waals surface area contributed by atoms with Gasteiger partial charge in [0.2, 0.25) is 18.2 Å². The van der Waals surface area contributed by atoms with Gasteiger partial charge in [0.05, 0.1) is 0 Å². The average Bonchev–Trinajstić information content (AvgIpc) is 2.36. The Bertz CT molecular complexity index is 219. The van der Waals surface area contributed by atoms with E-state index in [1.165, 1.54) is 6.92 Å². The average molecular weight is 140 g/mol. The van der Waals surface area contributed by atoms with Crippen molar-refractivity contribution in [3.8, 4) is 0 Å². The number of carbonyl (C=O) groups excluding carboxylic acids is 1. The second kappa shape index (κ2) is 2.47. The molecule has 0 fully saturated rings. The highest BCUT2D eigenvalue weighted by atomic mass is 16.4. The fourth-order valence-electron chi connectivity index (χ4n) is 0.442. The molecular weight excluding hydrogens is 134 g/mol. The molecule has 10 heavy (non-hydrogen) atoms. The van der Waals surface area contributed by atoms with E-state index in [0.717, 1.165) is 6.39 Å². The summed E-state index contributed by atoms with van der Waals surface area (Å²) in [4.78, 5) is 10.5. The van der Waals surface area contributed by atoms with Crippen LogP contribution in [0.15, 0.2) is 10.8 Å². The number of primary amides is 1. The van der Waals surface area contributed by atoms with Gasteiger partial charge in [0.25, 0.3) is 0 Å². The highest BCUT2D eigenvalue weighted by Crippen LogP contribution is 2.07. The first kappa shape index (κ1) is 6.73. The quantitative estimate of drug-likeness (QED) is 0.600. The third kappa shape index (κ3) is 1.12. The Morgan fingerprint density at radius 1 is 1.80 bits per heavy atom. The molecule has 1 rings (SSSR count). The van der Waals surface area contributed by atoms with Gasteiger partial charge < -0.3 is 10.2 Å². The molecule has 0 aliphatic heterocycles. The largest absolute Gasteiger partial charge is 0.427 e. The van der Waals surface area contributed by atoms with E-state index in [1.807, 2.05) is 0 Å². The first-order valence-electron chi connectivity index (χ1n) is 2.61. The van der Waals surface area contributed by atoms with Crippen molar-refractivity contribution in [2.45, 2.75) is 6.92 Å². The molecular formula is C5H6N3O2. The molecule has 0 aliphatic rings. The Morgan fingerprint density at radius 3 is 2.90 bits per heavy atom. The summed E-state index contributed by atoms with van der Waals surface area (Å²) in [7, 11) is 0. The molecule has 5 heteroatoms. The lowest BCUT2D eigenvalue weighted by Crippen LogP contribution is -2.19. The Hall–Kier alpha value is -1.39. The van der Waals surface area contributed by atoms with Gasteiger partial charge in [-0.3, -0.25) is 4.79 Å². The Balaban J connectivity index is 2.77. The van der Waals surface area contributed by atoms with Crippen LogP contribution in [0.3, 0.4) is 0 Å². The number of rotatable bonds is 2. The molecule has 1 heterocycles. The number of hydrogen-bond donors (Lipinski definition) is 1. The molecule has 1 amide bonds. The van der Waals surface area contributed by atoms with Gasteiger partial charge in [-0.25, -0.2) is 0 Å². The standard InChI is InChI=1S/C5H6N3O2/c1-3(4(6)9)5-8-7-2-10-5/h2H,1H3,(H2,6,9). The van der Waals surface area contributed by atoms with Crippen LogP contribution >= 0.6 is 0 Å². The minimum atomic E-state index is -0.552. The number of amides is 1. The number of hydrogen-bond acceptors (Lipinski definition) is 4. The van der Waals surface area contributed by atoms with Crippen LogP contribution in [-0.4, -0.2) is 16.1 Å². The summed E-state index contributed by atoms with van der Waals surface area (Å²) in [5.41, 5.74) is 4.92. The van der Waals surface area contributed by atoms with Crippen molar-refractivity contribution in [2.75, 3.05) is 0 Å². The zero-order chi connectivity index (χ0) is 7.56. The van der Waals surface area contributed by atoms with E-state index < -0.39 is 5.91 Å². The van der Waals surface area contributed by atoms with Crippen molar-refractivity contribution in [1.29, 1.82) is 0 Å². The van der Waals surface area contributed by atoms with Gasteiger partial charge >= 0.3 is 0 Å². The molecule has 0 aromatic carbocycles. The normalized spacial score (nSPS) is 10.2. The van der Waals surface area contributed by atoms with Crippen molar-refractivity contribution in [3.63, 3.8) is 0 Å². The fraction of sp³-hybridized carbons (Fsp3) is 0.200. The predicted octanol–water partition coefficient (Wildman–Crippen LogP) is -0.503. The van der Waals surface area contributed by atoms with Gasteiger partial charge in [0.1, 0.15) is 5.92 Å². The summed E-state index contributed by atoms with van der Waals surface area (Å²) in [6.07, 6.45) is 1.14. The van der Waals surface area contributed by atoms with E-state index in [-0.39, 0.29) is 11.8 Å². The number of nitrogens with two attached hydrogens (primary N) is 1. The van der Waals surface area contributed by atoms with Gasteiger partial charge in [0.15, 0.2) is 0 Å². The molecule has 1 aromatic rings. The molecule has 0 saturated heterocycles. The van der Waals surface area contributed by atoms with Crippen LogP contribution in [0.2, 0.25) is 0 Å². The smallest absolute Gasteiger partial charge is 0.234 e. The molecule has 0 aliphatic carbocycles. The van der Waals surface area contributed by atoms with E-state index in [0.29, 0.717) is 0 Å². The van der Waals surface area contributed by atoms with Crippen LogP contribution in [-0.2, 0) is 4.79 Å². The summed E-state index contributed by atoms with van der Waals surface area (Å²) in [6, 6.07) is 0. The first-order chi connectivity index (χ1) is 4.72. The highest BCUT2D eigenvalue weighted by Gasteiger charge is 2.17. The van der Waals surface area contributed by atoms with Crippen molar-refractivity contribution in [1.82, 2.24) is 10.2 Å². The SMILES string of the molecule is C[C](C(N)=O)c1nnco1. The highest BCUT2D eigenvalue weighted by molar-refractivity contribution is 5.90. The lowest BCUT2D eigenvalue weighted by molar-refractivity contribution is -0.116. The van der Waals surface area contributed by atoms with E-state index in [1.54, 1.807) is 0 Å². The van der Waals surface area contributed by atoms with Crippen molar-refractivity contribution < 1.29 is 9.21 Å². The van der Waals surface area contributed by atoms with Crippen LogP contribution in [0.1, 0.15) is 12.8 Å². The Kier molecular flexibility index (Phi) is 1.66. The maximum Gasteiger partial charge on any atom is 0.234 e. The van der Waals surface area contributed by atoms with Crippen molar-refractivity contribution >= 4 is 5.91 Å². The molecule has 53 valence electrons. The summed E-state index contributed by atoms with van der Waals surface area (Å²) in [5.74, 6) is -0.103. The molecule has 1 aromatic heterocycles. The number of carbonyl (C=O) groups is 1. The van der Waals surface area contributed by atoms with Gasteiger partial charge in [0, 0.05) is 0 Å². The van der Waals surface area contributed by atoms with Crippen LogP contribution in [0.5, 0.6) is 0 Å². The lowest BCUT2D eigenvalue weighted by atomic mass is 10.2. The van der Waals surface area contributed by atoms with Crippen molar-refractivity contribution in [2.24, 2.45) is 5.73 Å². The van der Waals surface area contributed by atoms with E-state index in [9.17, 15) is 4.79 Å². The van der Waals surface area contributed by atoms with Gasteiger partial charge in [-0.1, -0.05) is 0 Å². The summed E-state index contributed by atoms with van der Waals surface area (Å²) >= 11 is 0. The topological polar surface area (TPSA) is 82.0 Å². The molecule has 2 N–H and O–H groups in total. The zero-order valence-electron chi connectivity index (χ0n) is 5.37.